The molecule has 2 aromatic carbocycles. The van der Waals surface area contributed by atoms with Crippen molar-refractivity contribution in [3.05, 3.63) is 64.1 Å². The van der Waals surface area contributed by atoms with Crippen molar-refractivity contribution in [3.8, 4) is 0 Å². The Labute approximate surface area is 176 Å². The Kier molecular flexibility index (Phi) is 8.16. The molecule has 0 aliphatic heterocycles. The van der Waals surface area contributed by atoms with E-state index in [1.807, 2.05) is 24.3 Å². The molecule has 5 nitrogen and oxygen atoms in total. The number of carbonyl (C=O) groups excluding carboxylic acids is 1. The predicted molar refractivity (Wildman–Crippen MR) is 116 cm³/mol. The number of halogens is 2. The normalized spacial score (nSPS) is 12.4. The molecule has 1 N–H and O–H groups in total. The summed E-state index contributed by atoms with van der Waals surface area (Å²) in [6.07, 6.45) is 2.95. The first-order valence-corrected chi connectivity index (χ1v) is 11.6. The number of benzene rings is 2. The maximum absolute atomic E-state index is 12.7. The van der Waals surface area contributed by atoms with E-state index in [9.17, 15) is 13.2 Å². The van der Waals surface area contributed by atoms with Crippen LogP contribution in [0.25, 0.3) is 0 Å². The molecule has 0 aromatic heterocycles. The number of carbonyl (C=O) groups is 1. The lowest BCUT2D eigenvalue weighted by molar-refractivity contribution is -0.122. The van der Waals surface area contributed by atoms with Crippen molar-refractivity contribution in [1.82, 2.24) is 5.32 Å². The first-order chi connectivity index (χ1) is 13.2. The predicted octanol–water partition coefficient (Wildman–Crippen LogP) is 4.29. The van der Waals surface area contributed by atoms with Gasteiger partial charge in [0.15, 0.2) is 0 Å². The van der Waals surface area contributed by atoms with Crippen LogP contribution in [0.1, 0.15) is 25.3 Å². The molecule has 152 valence electrons. The monoisotopic (exact) mass is 442 g/mol. The zero-order valence-corrected chi connectivity index (χ0v) is 18.2. The molecule has 0 saturated carbocycles. The molecule has 0 aliphatic carbocycles. The van der Waals surface area contributed by atoms with E-state index in [0.717, 1.165) is 29.0 Å². The largest absolute Gasteiger partial charge is 0.354 e. The molecule has 0 fully saturated rings. The number of nitrogens with one attached hydrogen (secondary N) is 1. The quantitative estimate of drug-likeness (QED) is 0.588. The van der Waals surface area contributed by atoms with Gasteiger partial charge < -0.3 is 5.32 Å². The smallest absolute Gasteiger partial charge is 0.243 e. The van der Waals surface area contributed by atoms with Gasteiger partial charge in [0.1, 0.15) is 6.04 Å². The molecule has 1 unspecified atom stereocenters. The molecule has 0 bridgehead atoms. The van der Waals surface area contributed by atoms with E-state index in [1.165, 1.54) is 0 Å². The van der Waals surface area contributed by atoms with Crippen molar-refractivity contribution in [3.63, 3.8) is 0 Å². The van der Waals surface area contributed by atoms with Crippen LogP contribution in [0.4, 0.5) is 5.69 Å². The number of hydrogen-bond acceptors (Lipinski definition) is 3. The van der Waals surface area contributed by atoms with Crippen LogP contribution in [-0.4, -0.2) is 33.2 Å². The highest BCUT2D eigenvalue weighted by Crippen LogP contribution is 2.25. The summed E-state index contributed by atoms with van der Waals surface area (Å²) in [5.41, 5.74) is 1.50. The van der Waals surface area contributed by atoms with Gasteiger partial charge in [-0.1, -0.05) is 48.3 Å². The second-order valence-corrected chi connectivity index (χ2v) is 9.22. The van der Waals surface area contributed by atoms with Gasteiger partial charge in [-0.25, -0.2) is 8.42 Å². The Morgan fingerprint density at radius 2 is 1.79 bits per heavy atom. The summed E-state index contributed by atoms with van der Waals surface area (Å²) in [5, 5.41) is 3.94. The van der Waals surface area contributed by atoms with Gasteiger partial charge in [0, 0.05) is 16.6 Å². The van der Waals surface area contributed by atoms with E-state index in [4.69, 9.17) is 23.2 Å². The van der Waals surface area contributed by atoms with E-state index >= 15 is 0 Å². The minimum atomic E-state index is -3.67. The Morgan fingerprint density at radius 3 is 2.36 bits per heavy atom. The average Bonchev–Trinajstić information content (AvgIpc) is 2.63. The molecule has 0 aliphatic rings. The lowest BCUT2D eigenvalue weighted by Crippen LogP contribution is -2.49. The zero-order chi connectivity index (χ0) is 20.7. The minimum Gasteiger partial charge on any atom is -0.354 e. The number of anilines is 1. The third-order valence-corrected chi connectivity index (χ3v) is 5.91. The minimum absolute atomic E-state index is 0.330. The highest BCUT2D eigenvalue weighted by Gasteiger charge is 2.31. The topological polar surface area (TPSA) is 66.5 Å². The van der Waals surface area contributed by atoms with Crippen molar-refractivity contribution in [2.24, 2.45) is 0 Å². The highest BCUT2D eigenvalue weighted by molar-refractivity contribution is 7.92. The summed E-state index contributed by atoms with van der Waals surface area (Å²) in [6, 6.07) is 13.2. The van der Waals surface area contributed by atoms with Crippen LogP contribution in [0.5, 0.6) is 0 Å². The van der Waals surface area contributed by atoms with Gasteiger partial charge in [-0.05, 0) is 55.2 Å². The fourth-order valence-corrected chi connectivity index (χ4v) is 4.46. The van der Waals surface area contributed by atoms with Crippen LogP contribution in [0, 0.1) is 0 Å². The van der Waals surface area contributed by atoms with E-state index < -0.39 is 16.1 Å². The molecule has 0 spiro atoms. The molecule has 2 aromatic rings. The zero-order valence-electron chi connectivity index (χ0n) is 15.9. The maximum Gasteiger partial charge on any atom is 0.243 e. The van der Waals surface area contributed by atoms with Gasteiger partial charge in [-0.15, -0.1) is 0 Å². The molecular formula is C20H24Cl2N2O3S. The Morgan fingerprint density at radius 1 is 1.11 bits per heavy atom. The number of nitrogens with zero attached hydrogens (tertiary/aromatic N) is 1. The van der Waals surface area contributed by atoms with E-state index in [2.05, 4.69) is 5.32 Å². The lowest BCUT2D eigenvalue weighted by atomic mass is 10.1. The van der Waals surface area contributed by atoms with Crippen LogP contribution in [0.15, 0.2) is 48.5 Å². The molecule has 2 rings (SSSR count). The van der Waals surface area contributed by atoms with Gasteiger partial charge in [-0.2, -0.15) is 0 Å². The fraction of sp³-hybridized carbons (Fsp3) is 0.350. The third kappa shape index (κ3) is 6.40. The third-order valence-electron chi connectivity index (χ3n) is 4.25. The first-order valence-electron chi connectivity index (χ1n) is 8.99. The molecule has 1 atom stereocenters. The van der Waals surface area contributed by atoms with E-state index in [-0.39, 0.29) is 5.91 Å². The number of sulfonamides is 1. The molecule has 0 radical (unpaired) electrons. The van der Waals surface area contributed by atoms with Crippen LogP contribution in [-0.2, 0) is 21.2 Å². The summed E-state index contributed by atoms with van der Waals surface area (Å²) in [6.45, 7) is 2.23. The Balaban J connectivity index is 2.04. The highest BCUT2D eigenvalue weighted by atomic mass is 35.5. The summed E-state index contributed by atoms with van der Waals surface area (Å²) in [7, 11) is -3.67. The van der Waals surface area contributed by atoms with Crippen molar-refractivity contribution in [2.45, 2.75) is 32.2 Å². The van der Waals surface area contributed by atoms with Gasteiger partial charge in [0.25, 0.3) is 0 Å². The molecule has 28 heavy (non-hydrogen) atoms. The molecule has 0 saturated heterocycles. The molecule has 1 amide bonds. The number of aryl methyl sites for hydroxylation is 1. The molecule has 0 heterocycles. The second-order valence-electron chi connectivity index (χ2n) is 6.48. The Bertz CT molecular complexity index is 902. The SMILES string of the molecule is CCC(C(=O)NCCCc1ccc(Cl)cc1)N(c1cccc(Cl)c1)S(C)(=O)=O. The van der Waals surface area contributed by atoms with Crippen molar-refractivity contribution in [2.75, 3.05) is 17.1 Å². The van der Waals surface area contributed by atoms with Crippen LogP contribution >= 0.6 is 23.2 Å². The van der Waals surface area contributed by atoms with Crippen molar-refractivity contribution >= 4 is 44.8 Å². The van der Waals surface area contributed by atoms with Crippen LogP contribution < -0.4 is 9.62 Å². The fourth-order valence-electron chi connectivity index (χ4n) is 2.95. The average molecular weight is 443 g/mol. The van der Waals surface area contributed by atoms with Gasteiger partial charge in [-0.3, -0.25) is 9.10 Å². The van der Waals surface area contributed by atoms with E-state index in [1.54, 1.807) is 31.2 Å². The van der Waals surface area contributed by atoms with Crippen LogP contribution in [0.3, 0.4) is 0 Å². The van der Waals surface area contributed by atoms with Crippen LogP contribution in [0.2, 0.25) is 10.0 Å². The number of rotatable bonds is 9. The van der Waals surface area contributed by atoms with Gasteiger partial charge in [0.2, 0.25) is 15.9 Å². The summed E-state index contributed by atoms with van der Waals surface area (Å²) in [5.74, 6) is -0.330. The molecular weight excluding hydrogens is 419 g/mol. The summed E-state index contributed by atoms with van der Waals surface area (Å²) in [4.78, 5) is 12.7. The second kappa shape index (κ2) is 10.1. The van der Waals surface area contributed by atoms with Gasteiger partial charge in [0.05, 0.1) is 11.9 Å². The maximum atomic E-state index is 12.7. The van der Waals surface area contributed by atoms with Crippen molar-refractivity contribution in [1.29, 1.82) is 0 Å². The standard InChI is InChI=1S/C20H24Cl2N2O3S/c1-3-19(24(28(2,26)27)18-8-4-7-17(22)14-18)20(25)23-13-5-6-15-9-11-16(21)12-10-15/h4,7-12,14,19H,3,5-6,13H2,1-2H3,(H,23,25). The number of amides is 1. The Hall–Kier alpha value is -1.76. The lowest BCUT2D eigenvalue weighted by Gasteiger charge is -2.30. The first kappa shape index (κ1) is 22.5. The summed E-state index contributed by atoms with van der Waals surface area (Å²) >= 11 is 11.9. The van der Waals surface area contributed by atoms with Gasteiger partial charge >= 0.3 is 0 Å². The summed E-state index contributed by atoms with van der Waals surface area (Å²) < 4.78 is 25.9. The van der Waals surface area contributed by atoms with Crippen molar-refractivity contribution < 1.29 is 13.2 Å². The van der Waals surface area contributed by atoms with E-state index in [0.29, 0.717) is 28.7 Å². The number of hydrogen-bond donors (Lipinski definition) is 1. The molecule has 8 heteroatoms.